The molecule has 0 aromatic heterocycles. The van der Waals surface area contributed by atoms with E-state index in [4.69, 9.17) is 0 Å². The van der Waals surface area contributed by atoms with E-state index in [0.29, 0.717) is 37.0 Å². The number of amides is 1. The average molecular weight is 498 g/mol. The van der Waals surface area contributed by atoms with Gasteiger partial charge in [-0.15, -0.1) is 0 Å². The van der Waals surface area contributed by atoms with E-state index in [2.05, 4.69) is 4.99 Å². The Morgan fingerprint density at radius 3 is 2.42 bits per heavy atom. The summed E-state index contributed by atoms with van der Waals surface area (Å²) < 4.78 is 66.3. The van der Waals surface area contributed by atoms with E-state index in [9.17, 15) is 26.4 Å². The van der Waals surface area contributed by atoms with Crippen molar-refractivity contribution in [1.29, 1.82) is 0 Å². The molecule has 2 aliphatic heterocycles. The Morgan fingerprint density at radius 1 is 0.970 bits per heavy atom. The van der Waals surface area contributed by atoms with Crippen LogP contribution in [-0.2, 0) is 16.2 Å². The maximum Gasteiger partial charge on any atom is 0.416 e. The van der Waals surface area contributed by atoms with E-state index in [1.807, 2.05) is 0 Å². The van der Waals surface area contributed by atoms with Gasteiger partial charge in [-0.25, -0.2) is 13.4 Å². The molecule has 0 atom stereocenters. The Kier molecular flexibility index (Phi) is 6.83. The predicted molar refractivity (Wildman–Crippen MR) is 121 cm³/mol. The van der Waals surface area contributed by atoms with Gasteiger partial charge in [0.05, 0.1) is 16.1 Å². The highest BCUT2D eigenvalue weighted by atomic mass is 32.2. The van der Waals surface area contributed by atoms with Crippen molar-refractivity contribution in [3.05, 3.63) is 59.7 Å². The zero-order valence-corrected chi connectivity index (χ0v) is 19.2. The van der Waals surface area contributed by atoms with E-state index >= 15 is 0 Å². The number of amidine groups is 1. The quantitative estimate of drug-likeness (QED) is 0.611. The molecule has 2 aromatic rings. The fraction of sp³-hybridized carbons (Fsp3) is 0.364. The van der Waals surface area contributed by atoms with Gasteiger partial charge in [-0.1, -0.05) is 23.9 Å². The number of nitrogens with zero attached hydrogens (tertiary/aromatic N) is 3. The molecule has 0 N–H and O–H groups in total. The highest BCUT2D eigenvalue weighted by Crippen LogP contribution is 2.32. The van der Waals surface area contributed by atoms with Gasteiger partial charge < -0.3 is 0 Å². The van der Waals surface area contributed by atoms with Gasteiger partial charge in [0.1, 0.15) is 0 Å². The van der Waals surface area contributed by atoms with Crippen molar-refractivity contribution in [2.45, 2.75) is 30.3 Å². The summed E-state index contributed by atoms with van der Waals surface area (Å²) in [5.74, 6) is 0.233. The number of hydrogen-bond donors (Lipinski definition) is 0. The van der Waals surface area contributed by atoms with E-state index in [-0.39, 0.29) is 16.1 Å². The summed E-state index contributed by atoms with van der Waals surface area (Å²) in [5.41, 5.74) is -0.533. The SMILES string of the molecule is O=C(c1cccc(S(=O)(=O)N2CCCC2)c1)N1CCCSC1=Nc1cccc(C(F)(F)F)c1. The third-order valence-electron chi connectivity index (χ3n) is 5.42. The van der Waals surface area contributed by atoms with Crippen molar-refractivity contribution in [3.63, 3.8) is 0 Å². The largest absolute Gasteiger partial charge is 0.416 e. The molecule has 0 saturated carbocycles. The van der Waals surface area contributed by atoms with Crippen LogP contribution in [0.5, 0.6) is 0 Å². The zero-order chi connectivity index (χ0) is 23.6. The standard InChI is InChI=1S/C22H22F3N3O3S2/c23-22(24,25)17-7-4-8-18(15-17)26-21-28(12-5-13-32-21)20(29)16-6-3-9-19(14-16)33(30,31)27-10-1-2-11-27/h3-4,6-9,14-15H,1-2,5,10-13H2. The van der Waals surface area contributed by atoms with Crippen molar-refractivity contribution in [1.82, 2.24) is 9.21 Å². The molecule has 0 unspecified atom stereocenters. The third kappa shape index (κ3) is 5.25. The predicted octanol–water partition coefficient (Wildman–Crippen LogP) is 4.76. The number of aliphatic imine (C=N–C) groups is 1. The number of benzene rings is 2. The number of alkyl halides is 3. The van der Waals surface area contributed by atoms with Gasteiger partial charge >= 0.3 is 6.18 Å². The van der Waals surface area contributed by atoms with Crippen molar-refractivity contribution < 1.29 is 26.4 Å². The van der Waals surface area contributed by atoms with Crippen LogP contribution >= 0.6 is 11.8 Å². The van der Waals surface area contributed by atoms with Crippen LogP contribution in [0.2, 0.25) is 0 Å². The summed E-state index contributed by atoms with van der Waals surface area (Å²) in [6.45, 7) is 1.25. The molecular weight excluding hydrogens is 475 g/mol. The lowest BCUT2D eigenvalue weighted by Gasteiger charge is -2.28. The molecule has 11 heteroatoms. The first-order valence-corrected chi connectivity index (χ1v) is 12.9. The lowest BCUT2D eigenvalue weighted by atomic mass is 10.2. The molecule has 176 valence electrons. The summed E-state index contributed by atoms with van der Waals surface area (Å²) in [7, 11) is -3.69. The third-order valence-corrected chi connectivity index (χ3v) is 8.37. The number of sulfonamides is 1. The summed E-state index contributed by atoms with van der Waals surface area (Å²) >= 11 is 1.28. The molecule has 2 aromatic carbocycles. The normalized spacial score (nSPS) is 19.2. The molecule has 2 heterocycles. The molecule has 6 nitrogen and oxygen atoms in total. The maximum atomic E-state index is 13.3. The van der Waals surface area contributed by atoms with Gasteiger partial charge in [-0.3, -0.25) is 9.69 Å². The molecule has 2 fully saturated rings. The molecular formula is C22H22F3N3O3S2. The summed E-state index contributed by atoms with van der Waals surface area (Å²) in [4.78, 5) is 19.0. The lowest BCUT2D eigenvalue weighted by Crippen LogP contribution is -2.39. The lowest BCUT2D eigenvalue weighted by molar-refractivity contribution is -0.137. The maximum absolute atomic E-state index is 13.3. The van der Waals surface area contributed by atoms with E-state index < -0.39 is 27.7 Å². The molecule has 4 rings (SSSR count). The zero-order valence-electron chi connectivity index (χ0n) is 17.6. The van der Waals surface area contributed by atoms with E-state index in [1.165, 1.54) is 57.4 Å². The number of halogens is 3. The Labute approximate surface area is 194 Å². The van der Waals surface area contributed by atoms with E-state index in [0.717, 1.165) is 25.0 Å². The first-order valence-electron chi connectivity index (χ1n) is 10.5. The van der Waals surface area contributed by atoms with Gasteiger partial charge in [0.2, 0.25) is 10.0 Å². The second-order valence-corrected chi connectivity index (χ2v) is 10.7. The number of hydrogen-bond acceptors (Lipinski definition) is 5. The van der Waals surface area contributed by atoms with Crippen LogP contribution in [-0.4, -0.2) is 54.1 Å². The van der Waals surface area contributed by atoms with Crippen LogP contribution in [0.4, 0.5) is 18.9 Å². The number of rotatable bonds is 4. The van der Waals surface area contributed by atoms with Crippen LogP contribution in [0.15, 0.2) is 58.4 Å². The van der Waals surface area contributed by atoms with Crippen molar-refractivity contribution in [3.8, 4) is 0 Å². The average Bonchev–Trinajstić information content (AvgIpc) is 3.35. The van der Waals surface area contributed by atoms with Gasteiger partial charge in [0, 0.05) is 31.0 Å². The van der Waals surface area contributed by atoms with Crippen molar-refractivity contribution >= 4 is 38.5 Å². The van der Waals surface area contributed by atoms with Crippen molar-refractivity contribution in [2.24, 2.45) is 4.99 Å². The minimum atomic E-state index is -4.49. The first-order chi connectivity index (χ1) is 15.7. The Balaban J connectivity index is 1.63. The molecule has 1 amide bonds. The Hall–Kier alpha value is -2.37. The molecule has 0 radical (unpaired) electrons. The smallest absolute Gasteiger partial charge is 0.287 e. The topological polar surface area (TPSA) is 70.1 Å². The van der Waals surface area contributed by atoms with Crippen molar-refractivity contribution in [2.75, 3.05) is 25.4 Å². The summed E-state index contributed by atoms with van der Waals surface area (Å²) in [6.07, 6.45) is -2.20. The molecule has 2 aliphatic rings. The van der Waals surface area contributed by atoms with E-state index in [1.54, 1.807) is 0 Å². The van der Waals surface area contributed by atoms with Crippen LogP contribution in [0.1, 0.15) is 35.2 Å². The second kappa shape index (κ2) is 9.47. The molecule has 0 aliphatic carbocycles. The minimum Gasteiger partial charge on any atom is -0.287 e. The highest BCUT2D eigenvalue weighted by molar-refractivity contribution is 8.13. The summed E-state index contributed by atoms with van der Waals surface area (Å²) in [5, 5.41) is 0.290. The summed E-state index contributed by atoms with van der Waals surface area (Å²) in [6, 6.07) is 10.5. The van der Waals surface area contributed by atoms with Gasteiger partial charge in [0.15, 0.2) is 5.17 Å². The molecule has 0 spiro atoms. The fourth-order valence-electron chi connectivity index (χ4n) is 3.73. The fourth-order valence-corrected chi connectivity index (χ4v) is 6.25. The van der Waals surface area contributed by atoms with Crippen LogP contribution in [0.25, 0.3) is 0 Å². The number of carbonyl (C=O) groups excluding carboxylic acids is 1. The van der Waals surface area contributed by atoms with Gasteiger partial charge in [-0.2, -0.15) is 17.5 Å². The van der Waals surface area contributed by atoms with Crippen LogP contribution in [0, 0.1) is 0 Å². The van der Waals surface area contributed by atoms with Gasteiger partial charge in [0.25, 0.3) is 5.91 Å². The number of carbonyl (C=O) groups is 1. The molecule has 2 saturated heterocycles. The molecule has 0 bridgehead atoms. The monoisotopic (exact) mass is 497 g/mol. The number of thioether (sulfide) groups is 1. The minimum absolute atomic E-state index is 0.0521. The second-order valence-electron chi connectivity index (χ2n) is 7.74. The first kappa shape index (κ1) is 23.8. The van der Waals surface area contributed by atoms with Gasteiger partial charge in [-0.05, 0) is 55.7 Å². The van der Waals surface area contributed by atoms with Crippen LogP contribution in [0.3, 0.4) is 0 Å². The highest BCUT2D eigenvalue weighted by Gasteiger charge is 2.31. The van der Waals surface area contributed by atoms with Crippen LogP contribution < -0.4 is 0 Å². The Morgan fingerprint density at radius 2 is 1.70 bits per heavy atom. The molecule has 33 heavy (non-hydrogen) atoms. The Bertz CT molecular complexity index is 1180.